The molecule has 0 saturated carbocycles. The van der Waals surface area contributed by atoms with Crippen molar-refractivity contribution in [2.75, 3.05) is 25.4 Å². The Hall–Kier alpha value is -1.53. The number of thioether (sulfide) groups is 1. The minimum absolute atomic E-state index is 0.0234. The maximum absolute atomic E-state index is 12.1. The van der Waals surface area contributed by atoms with Crippen LogP contribution in [0, 0.1) is 0 Å². The van der Waals surface area contributed by atoms with Gasteiger partial charge in [-0.05, 0) is 24.6 Å². The molecule has 0 spiro atoms. The number of morpholine rings is 1. The van der Waals surface area contributed by atoms with Crippen LogP contribution in [0.4, 0.5) is 0 Å². The van der Waals surface area contributed by atoms with E-state index in [0.29, 0.717) is 25.4 Å². The molecule has 0 aromatic heterocycles. The minimum atomic E-state index is -0.841. The molecule has 2 rings (SSSR count). The van der Waals surface area contributed by atoms with Gasteiger partial charge in [0.1, 0.15) is 0 Å². The van der Waals surface area contributed by atoms with Gasteiger partial charge < -0.3 is 14.7 Å². The molecule has 1 aromatic carbocycles. The normalized spacial score (nSPS) is 18.5. The Bertz CT molecular complexity index is 503. The van der Waals surface area contributed by atoms with Gasteiger partial charge in [0.2, 0.25) is 5.91 Å². The van der Waals surface area contributed by atoms with Gasteiger partial charge in [-0.25, -0.2) is 0 Å². The summed E-state index contributed by atoms with van der Waals surface area (Å²) in [4.78, 5) is 25.5. The smallest absolute Gasteiger partial charge is 0.307 e. The molecule has 0 radical (unpaired) electrons. The predicted molar refractivity (Wildman–Crippen MR) is 80.5 cm³/mol. The molecular weight excluding hydrogens is 290 g/mol. The van der Waals surface area contributed by atoms with E-state index in [2.05, 4.69) is 0 Å². The lowest BCUT2D eigenvalue weighted by molar-refractivity contribution is -0.136. The molecule has 1 aliphatic rings. The third-order valence-electron chi connectivity index (χ3n) is 3.23. The van der Waals surface area contributed by atoms with Crippen LogP contribution in [0.1, 0.15) is 12.5 Å². The number of amides is 1. The topological polar surface area (TPSA) is 66.8 Å². The van der Waals surface area contributed by atoms with Crippen molar-refractivity contribution >= 4 is 23.6 Å². The monoisotopic (exact) mass is 309 g/mol. The SMILES string of the molecule is CC1CN(C(=O)CSc2ccc(CC(=O)O)cc2)CCO1. The quantitative estimate of drug-likeness (QED) is 0.838. The summed E-state index contributed by atoms with van der Waals surface area (Å²) >= 11 is 1.47. The first-order chi connectivity index (χ1) is 10.0. The molecule has 1 heterocycles. The highest BCUT2D eigenvalue weighted by Gasteiger charge is 2.21. The van der Waals surface area contributed by atoms with E-state index >= 15 is 0 Å². The van der Waals surface area contributed by atoms with Gasteiger partial charge in [-0.3, -0.25) is 9.59 Å². The average Bonchev–Trinajstić information content (AvgIpc) is 2.45. The Morgan fingerprint density at radius 1 is 1.38 bits per heavy atom. The van der Waals surface area contributed by atoms with E-state index in [0.717, 1.165) is 10.5 Å². The zero-order valence-electron chi connectivity index (χ0n) is 11.9. The molecule has 5 nitrogen and oxygen atoms in total. The van der Waals surface area contributed by atoms with Crippen LogP contribution < -0.4 is 0 Å². The highest BCUT2D eigenvalue weighted by molar-refractivity contribution is 8.00. The van der Waals surface area contributed by atoms with Crippen molar-refractivity contribution in [1.82, 2.24) is 4.90 Å². The molecule has 21 heavy (non-hydrogen) atoms. The third kappa shape index (κ3) is 5.06. The summed E-state index contributed by atoms with van der Waals surface area (Å²) in [6.45, 7) is 3.87. The maximum Gasteiger partial charge on any atom is 0.307 e. The fourth-order valence-corrected chi connectivity index (χ4v) is 2.96. The Morgan fingerprint density at radius 2 is 2.10 bits per heavy atom. The number of aliphatic carboxylic acids is 1. The second-order valence-corrected chi connectivity index (χ2v) is 6.07. The standard InChI is InChI=1S/C15H19NO4S/c1-11-9-16(6-7-20-11)14(17)10-21-13-4-2-12(3-5-13)8-15(18)19/h2-5,11H,6-10H2,1H3,(H,18,19). The summed E-state index contributed by atoms with van der Waals surface area (Å²) in [5, 5.41) is 8.71. The van der Waals surface area contributed by atoms with Crippen LogP contribution in [0.3, 0.4) is 0 Å². The number of hydrogen-bond acceptors (Lipinski definition) is 4. The van der Waals surface area contributed by atoms with Gasteiger partial charge in [0, 0.05) is 18.0 Å². The van der Waals surface area contributed by atoms with Crippen LogP contribution in [-0.2, 0) is 20.7 Å². The number of rotatable bonds is 5. The summed E-state index contributed by atoms with van der Waals surface area (Å²) in [7, 11) is 0. The average molecular weight is 309 g/mol. The lowest BCUT2D eigenvalue weighted by Gasteiger charge is -2.31. The fraction of sp³-hybridized carbons (Fsp3) is 0.467. The van der Waals surface area contributed by atoms with Crippen molar-refractivity contribution < 1.29 is 19.4 Å². The maximum atomic E-state index is 12.1. The first kappa shape index (κ1) is 15.9. The van der Waals surface area contributed by atoms with Gasteiger partial charge in [-0.2, -0.15) is 0 Å². The number of hydrogen-bond donors (Lipinski definition) is 1. The molecule has 6 heteroatoms. The Balaban J connectivity index is 1.82. The summed E-state index contributed by atoms with van der Waals surface area (Å²) in [5.74, 6) is -0.331. The van der Waals surface area contributed by atoms with E-state index in [4.69, 9.17) is 9.84 Å². The van der Waals surface area contributed by atoms with E-state index < -0.39 is 5.97 Å². The molecule has 1 aliphatic heterocycles. The molecule has 0 aliphatic carbocycles. The lowest BCUT2D eigenvalue weighted by Crippen LogP contribution is -2.45. The van der Waals surface area contributed by atoms with Crippen LogP contribution in [0.2, 0.25) is 0 Å². The van der Waals surface area contributed by atoms with E-state index in [9.17, 15) is 9.59 Å². The van der Waals surface area contributed by atoms with E-state index in [1.807, 2.05) is 24.0 Å². The van der Waals surface area contributed by atoms with E-state index in [1.54, 1.807) is 12.1 Å². The van der Waals surface area contributed by atoms with Crippen LogP contribution in [-0.4, -0.2) is 53.4 Å². The predicted octanol–water partition coefficient (Wildman–Crippen LogP) is 1.65. The molecular formula is C15H19NO4S. The van der Waals surface area contributed by atoms with Crippen LogP contribution in [0.15, 0.2) is 29.2 Å². The van der Waals surface area contributed by atoms with Crippen LogP contribution in [0.5, 0.6) is 0 Å². The molecule has 0 bridgehead atoms. The highest BCUT2D eigenvalue weighted by Crippen LogP contribution is 2.19. The Morgan fingerprint density at radius 3 is 2.71 bits per heavy atom. The molecule has 1 amide bonds. The molecule has 1 fully saturated rings. The Kier molecular flexibility index (Phi) is 5.64. The fourth-order valence-electron chi connectivity index (χ4n) is 2.16. The second kappa shape index (κ2) is 7.47. The number of nitrogens with zero attached hydrogens (tertiary/aromatic N) is 1. The molecule has 1 N–H and O–H groups in total. The number of benzene rings is 1. The number of carbonyl (C=O) groups is 2. The first-order valence-corrected chi connectivity index (χ1v) is 7.86. The van der Waals surface area contributed by atoms with Crippen molar-refractivity contribution in [2.24, 2.45) is 0 Å². The lowest BCUT2D eigenvalue weighted by atomic mass is 10.2. The highest BCUT2D eigenvalue weighted by atomic mass is 32.2. The minimum Gasteiger partial charge on any atom is -0.481 e. The van der Waals surface area contributed by atoms with Crippen molar-refractivity contribution in [3.05, 3.63) is 29.8 Å². The Labute approximate surface area is 128 Å². The molecule has 1 aromatic rings. The number of carboxylic acids is 1. The number of carbonyl (C=O) groups excluding carboxylic acids is 1. The summed E-state index contributed by atoms with van der Waals surface area (Å²) in [5.41, 5.74) is 0.764. The zero-order chi connectivity index (χ0) is 15.2. The van der Waals surface area contributed by atoms with Gasteiger partial charge >= 0.3 is 5.97 Å². The molecule has 1 unspecified atom stereocenters. The third-order valence-corrected chi connectivity index (χ3v) is 4.23. The van der Waals surface area contributed by atoms with E-state index in [1.165, 1.54) is 11.8 Å². The van der Waals surface area contributed by atoms with Crippen molar-refractivity contribution in [3.8, 4) is 0 Å². The van der Waals surface area contributed by atoms with E-state index in [-0.39, 0.29) is 18.4 Å². The second-order valence-electron chi connectivity index (χ2n) is 5.02. The summed E-state index contributed by atoms with van der Waals surface area (Å²) in [6.07, 6.45) is 0.123. The molecule has 1 atom stereocenters. The van der Waals surface area contributed by atoms with Crippen molar-refractivity contribution in [3.63, 3.8) is 0 Å². The van der Waals surface area contributed by atoms with Crippen molar-refractivity contribution in [2.45, 2.75) is 24.3 Å². The molecule has 1 saturated heterocycles. The number of carboxylic acid groups (broad SMARTS) is 1. The number of ether oxygens (including phenoxy) is 1. The van der Waals surface area contributed by atoms with Gasteiger partial charge in [0.25, 0.3) is 0 Å². The zero-order valence-corrected chi connectivity index (χ0v) is 12.8. The summed E-state index contributed by atoms with van der Waals surface area (Å²) < 4.78 is 5.42. The van der Waals surface area contributed by atoms with Gasteiger partial charge in [0.15, 0.2) is 0 Å². The van der Waals surface area contributed by atoms with Crippen molar-refractivity contribution in [1.29, 1.82) is 0 Å². The van der Waals surface area contributed by atoms with Crippen LogP contribution >= 0.6 is 11.8 Å². The molecule has 114 valence electrons. The van der Waals surface area contributed by atoms with Gasteiger partial charge in [-0.15, -0.1) is 11.8 Å². The summed E-state index contributed by atoms with van der Waals surface area (Å²) in [6, 6.07) is 7.30. The van der Waals surface area contributed by atoms with Gasteiger partial charge in [-0.1, -0.05) is 12.1 Å². The van der Waals surface area contributed by atoms with Gasteiger partial charge in [0.05, 0.1) is 24.9 Å². The van der Waals surface area contributed by atoms with Crippen LogP contribution in [0.25, 0.3) is 0 Å². The first-order valence-electron chi connectivity index (χ1n) is 6.87. The largest absolute Gasteiger partial charge is 0.481 e.